The van der Waals surface area contributed by atoms with Gasteiger partial charge in [0.1, 0.15) is 0 Å². The highest BCUT2D eigenvalue weighted by molar-refractivity contribution is 9.10. The van der Waals surface area contributed by atoms with Gasteiger partial charge in [-0.25, -0.2) is 4.98 Å². The summed E-state index contributed by atoms with van der Waals surface area (Å²) in [6.07, 6.45) is 0. The molecule has 5 nitrogen and oxygen atoms in total. The standard InChI is InChI=1S/C17H23BrN4OS/c1-12(2)16(23)19-5-6-21-7-9-22(10-8-21)17-20-14-4-3-13(18)11-15(14)24-17/h3-4,11-12H,5-10H2,1-2H3,(H,19,23). The Kier molecular flexibility index (Phi) is 5.73. The van der Waals surface area contributed by atoms with Gasteiger partial charge in [-0.05, 0) is 18.2 Å². The molecule has 1 fully saturated rings. The summed E-state index contributed by atoms with van der Waals surface area (Å²) in [5.74, 6) is 0.190. The molecule has 1 N–H and O–H groups in total. The maximum absolute atomic E-state index is 11.6. The lowest BCUT2D eigenvalue weighted by atomic mass is 10.2. The lowest BCUT2D eigenvalue weighted by molar-refractivity contribution is -0.124. The fraction of sp³-hybridized carbons (Fsp3) is 0.529. The van der Waals surface area contributed by atoms with E-state index in [0.29, 0.717) is 0 Å². The van der Waals surface area contributed by atoms with Gasteiger partial charge in [-0.1, -0.05) is 41.1 Å². The summed E-state index contributed by atoms with van der Waals surface area (Å²) in [6.45, 7) is 9.48. The lowest BCUT2D eigenvalue weighted by Crippen LogP contribution is -2.48. The third kappa shape index (κ3) is 4.26. The summed E-state index contributed by atoms with van der Waals surface area (Å²) in [5.41, 5.74) is 1.07. The molecule has 0 spiro atoms. The summed E-state index contributed by atoms with van der Waals surface area (Å²) in [7, 11) is 0. The van der Waals surface area contributed by atoms with Crippen LogP contribution in [-0.4, -0.2) is 55.1 Å². The number of nitrogens with one attached hydrogen (secondary N) is 1. The Labute approximate surface area is 155 Å². The fourth-order valence-electron chi connectivity index (χ4n) is 2.73. The predicted octanol–water partition coefficient (Wildman–Crippen LogP) is 2.95. The molecule has 3 rings (SSSR count). The topological polar surface area (TPSA) is 48.5 Å². The molecule has 2 aromatic rings. The van der Waals surface area contributed by atoms with E-state index in [1.807, 2.05) is 19.9 Å². The number of carbonyl (C=O) groups is 1. The molecule has 0 saturated carbocycles. The summed E-state index contributed by atoms with van der Waals surface area (Å²) < 4.78 is 2.32. The smallest absolute Gasteiger partial charge is 0.222 e. The van der Waals surface area contributed by atoms with Crippen molar-refractivity contribution in [3.63, 3.8) is 0 Å². The van der Waals surface area contributed by atoms with Crippen molar-refractivity contribution in [2.45, 2.75) is 13.8 Å². The van der Waals surface area contributed by atoms with Crippen molar-refractivity contribution in [1.29, 1.82) is 0 Å². The average Bonchev–Trinajstić information content (AvgIpc) is 2.98. The van der Waals surface area contributed by atoms with E-state index in [1.54, 1.807) is 11.3 Å². The van der Waals surface area contributed by atoms with Crippen LogP contribution in [0.15, 0.2) is 22.7 Å². The number of rotatable bonds is 5. The van der Waals surface area contributed by atoms with Crippen LogP contribution < -0.4 is 10.2 Å². The van der Waals surface area contributed by atoms with Gasteiger partial charge in [0.2, 0.25) is 5.91 Å². The summed E-state index contributed by atoms with van der Waals surface area (Å²) in [6, 6.07) is 6.23. The normalized spacial score (nSPS) is 16.1. The van der Waals surface area contributed by atoms with E-state index in [9.17, 15) is 4.79 Å². The summed E-state index contributed by atoms with van der Waals surface area (Å²) >= 11 is 5.27. The molecule has 0 radical (unpaired) electrons. The molecule has 1 aliphatic heterocycles. The molecule has 1 aromatic heterocycles. The molecule has 130 valence electrons. The van der Waals surface area contributed by atoms with Crippen LogP contribution in [0.2, 0.25) is 0 Å². The zero-order valence-electron chi connectivity index (χ0n) is 14.1. The van der Waals surface area contributed by atoms with Gasteiger partial charge in [0, 0.05) is 49.7 Å². The van der Waals surface area contributed by atoms with Gasteiger partial charge in [0.05, 0.1) is 10.2 Å². The van der Waals surface area contributed by atoms with E-state index in [2.05, 4.69) is 43.2 Å². The van der Waals surface area contributed by atoms with E-state index >= 15 is 0 Å². The predicted molar refractivity (Wildman–Crippen MR) is 104 cm³/mol. The van der Waals surface area contributed by atoms with Gasteiger partial charge in [0.25, 0.3) is 0 Å². The van der Waals surface area contributed by atoms with Crippen molar-refractivity contribution in [2.24, 2.45) is 5.92 Å². The van der Waals surface area contributed by atoms with Gasteiger partial charge < -0.3 is 10.2 Å². The Morgan fingerprint density at radius 3 is 2.79 bits per heavy atom. The minimum absolute atomic E-state index is 0.0564. The van der Waals surface area contributed by atoms with Crippen LogP contribution in [0, 0.1) is 5.92 Å². The zero-order valence-corrected chi connectivity index (χ0v) is 16.5. The first-order valence-corrected chi connectivity index (χ1v) is 9.95. The Morgan fingerprint density at radius 2 is 2.08 bits per heavy atom. The van der Waals surface area contributed by atoms with Crippen molar-refractivity contribution in [3.05, 3.63) is 22.7 Å². The van der Waals surface area contributed by atoms with E-state index < -0.39 is 0 Å². The van der Waals surface area contributed by atoms with Crippen molar-refractivity contribution in [1.82, 2.24) is 15.2 Å². The van der Waals surface area contributed by atoms with Crippen LogP contribution in [0.4, 0.5) is 5.13 Å². The van der Waals surface area contributed by atoms with Crippen LogP contribution in [0.3, 0.4) is 0 Å². The summed E-state index contributed by atoms with van der Waals surface area (Å²) in [5, 5.41) is 4.09. The second kappa shape index (κ2) is 7.80. The van der Waals surface area contributed by atoms with E-state index in [-0.39, 0.29) is 11.8 Å². The van der Waals surface area contributed by atoms with Crippen LogP contribution >= 0.6 is 27.3 Å². The Morgan fingerprint density at radius 1 is 1.33 bits per heavy atom. The number of anilines is 1. The van der Waals surface area contributed by atoms with Crippen LogP contribution in [0.5, 0.6) is 0 Å². The first kappa shape index (κ1) is 17.6. The molecule has 0 aliphatic carbocycles. The maximum atomic E-state index is 11.6. The van der Waals surface area contributed by atoms with Crippen molar-refractivity contribution in [3.8, 4) is 0 Å². The molecule has 1 saturated heterocycles. The molecule has 1 aliphatic rings. The molecule has 24 heavy (non-hydrogen) atoms. The molecule has 0 unspecified atom stereocenters. The number of piperazine rings is 1. The Hall–Kier alpha value is -1.18. The number of nitrogens with zero attached hydrogens (tertiary/aromatic N) is 3. The van der Waals surface area contributed by atoms with E-state index in [0.717, 1.165) is 54.4 Å². The van der Waals surface area contributed by atoms with Crippen molar-refractivity contribution in [2.75, 3.05) is 44.2 Å². The molecule has 1 amide bonds. The van der Waals surface area contributed by atoms with Gasteiger partial charge in [-0.2, -0.15) is 0 Å². The molecule has 1 aromatic carbocycles. The lowest BCUT2D eigenvalue weighted by Gasteiger charge is -2.34. The minimum Gasteiger partial charge on any atom is -0.355 e. The largest absolute Gasteiger partial charge is 0.355 e. The second-order valence-electron chi connectivity index (χ2n) is 6.38. The number of thiazole rings is 1. The van der Waals surface area contributed by atoms with Crippen molar-refractivity contribution < 1.29 is 4.79 Å². The monoisotopic (exact) mass is 410 g/mol. The zero-order chi connectivity index (χ0) is 17.1. The minimum atomic E-state index is 0.0564. The first-order chi connectivity index (χ1) is 11.5. The first-order valence-electron chi connectivity index (χ1n) is 8.34. The Balaban J connectivity index is 1.50. The summed E-state index contributed by atoms with van der Waals surface area (Å²) in [4.78, 5) is 21.1. The van der Waals surface area contributed by atoms with E-state index in [4.69, 9.17) is 4.98 Å². The van der Waals surface area contributed by atoms with E-state index in [1.165, 1.54) is 4.70 Å². The van der Waals surface area contributed by atoms with Crippen LogP contribution in [0.1, 0.15) is 13.8 Å². The third-order valence-electron chi connectivity index (χ3n) is 4.23. The number of amides is 1. The van der Waals surface area contributed by atoms with Gasteiger partial charge in [0.15, 0.2) is 5.13 Å². The molecule has 0 atom stereocenters. The van der Waals surface area contributed by atoms with Gasteiger partial charge in [-0.3, -0.25) is 9.69 Å². The van der Waals surface area contributed by atoms with Crippen LogP contribution in [-0.2, 0) is 4.79 Å². The highest BCUT2D eigenvalue weighted by Crippen LogP contribution is 2.31. The highest BCUT2D eigenvalue weighted by Gasteiger charge is 2.19. The Bertz CT molecular complexity index is 710. The molecule has 2 heterocycles. The molecule has 0 bridgehead atoms. The molecule has 7 heteroatoms. The second-order valence-corrected chi connectivity index (χ2v) is 8.31. The number of benzene rings is 1. The quantitative estimate of drug-likeness (QED) is 0.822. The van der Waals surface area contributed by atoms with Crippen LogP contribution in [0.25, 0.3) is 10.2 Å². The third-order valence-corrected chi connectivity index (χ3v) is 5.81. The SMILES string of the molecule is CC(C)C(=O)NCCN1CCN(c2nc3ccc(Br)cc3s2)CC1. The van der Waals surface area contributed by atoms with Gasteiger partial charge >= 0.3 is 0 Å². The number of halogens is 1. The number of aromatic nitrogens is 1. The molecular weight excluding hydrogens is 388 g/mol. The maximum Gasteiger partial charge on any atom is 0.222 e. The van der Waals surface area contributed by atoms with Crippen molar-refractivity contribution >= 4 is 48.5 Å². The number of hydrogen-bond donors (Lipinski definition) is 1. The number of fused-ring (bicyclic) bond motifs is 1. The fourth-order valence-corrected chi connectivity index (χ4v) is 4.29. The molecular formula is C17H23BrN4OS. The average molecular weight is 411 g/mol. The number of carbonyl (C=O) groups excluding carboxylic acids is 1. The highest BCUT2D eigenvalue weighted by atomic mass is 79.9. The van der Waals surface area contributed by atoms with Gasteiger partial charge in [-0.15, -0.1) is 0 Å². The number of hydrogen-bond acceptors (Lipinski definition) is 5.